The number of esters is 1. The van der Waals surface area contributed by atoms with Crippen LogP contribution in [0.2, 0.25) is 0 Å². The molecule has 28 heavy (non-hydrogen) atoms. The number of hydrogen-bond donors (Lipinski definition) is 2. The van der Waals surface area contributed by atoms with Crippen molar-refractivity contribution in [3.63, 3.8) is 0 Å². The van der Waals surface area contributed by atoms with Gasteiger partial charge in [-0.05, 0) is 43.7 Å². The number of hydrogen-bond acceptors (Lipinski definition) is 5. The van der Waals surface area contributed by atoms with E-state index in [4.69, 9.17) is 10.5 Å². The lowest BCUT2D eigenvalue weighted by atomic mass is 10.1. The van der Waals surface area contributed by atoms with E-state index in [1.54, 1.807) is 19.9 Å². The van der Waals surface area contributed by atoms with Crippen LogP contribution in [0, 0.1) is 5.82 Å². The van der Waals surface area contributed by atoms with Gasteiger partial charge in [0, 0.05) is 5.70 Å². The average Bonchev–Trinajstić information content (AvgIpc) is 2.65. The molecule has 0 saturated carbocycles. The lowest BCUT2D eigenvalue weighted by molar-refractivity contribution is -0.147. The van der Waals surface area contributed by atoms with Crippen LogP contribution in [0.25, 0.3) is 0 Å². The van der Waals surface area contributed by atoms with Crippen LogP contribution in [0.1, 0.15) is 19.4 Å². The highest BCUT2D eigenvalue weighted by Crippen LogP contribution is 2.12. The molecule has 0 bridgehead atoms. The molecule has 0 unspecified atom stereocenters. The van der Waals surface area contributed by atoms with Crippen molar-refractivity contribution in [2.45, 2.75) is 20.3 Å². The van der Waals surface area contributed by atoms with Crippen LogP contribution in [0.3, 0.4) is 0 Å². The summed E-state index contributed by atoms with van der Waals surface area (Å²) < 4.78 is 18.1. The largest absolute Gasteiger partial charge is 0.455 e. The van der Waals surface area contributed by atoms with Gasteiger partial charge in [-0.2, -0.15) is 0 Å². The van der Waals surface area contributed by atoms with Crippen LogP contribution in [0.15, 0.2) is 71.0 Å². The minimum atomic E-state index is -0.634. The van der Waals surface area contributed by atoms with Gasteiger partial charge >= 0.3 is 5.97 Å². The number of nitrogens with zero attached hydrogens (tertiary/aromatic N) is 1. The molecule has 0 aromatic heterocycles. The summed E-state index contributed by atoms with van der Waals surface area (Å²) in [7, 11) is 0. The van der Waals surface area contributed by atoms with E-state index in [9.17, 15) is 14.0 Å². The van der Waals surface area contributed by atoms with Gasteiger partial charge < -0.3 is 15.8 Å². The van der Waals surface area contributed by atoms with Gasteiger partial charge in [0.2, 0.25) is 0 Å². The third kappa shape index (κ3) is 6.68. The number of benzene rings is 2. The number of halogens is 1. The maximum Gasteiger partial charge on any atom is 0.310 e. The topological polar surface area (TPSA) is 93.8 Å². The van der Waals surface area contributed by atoms with E-state index in [0.717, 1.165) is 5.69 Å². The Morgan fingerprint density at radius 2 is 1.82 bits per heavy atom. The van der Waals surface area contributed by atoms with Crippen LogP contribution in [-0.4, -0.2) is 24.2 Å². The van der Waals surface area contributed by atoms with Gasteiger partial charge in [-0.15, -0.1) is 0 Å². The molecule has 2 aromatic carbocycles. The first-order chi connectivity index (χ1) is 13.3. The molecular formula is C21H22FN3O3. The molecule has 2 rings (SSSR count). The number of ether oxygens (including phenoxy) is 1. The molecule has 0 aliphatic rings. The third-order valence-corrected chi connectivity index (χ3v) is 3.68. The SMILES string of the molecule is CC(=Nc1ccccc1)C(NC(=O)COC(=O)Cc1cccc(F)c1)=C(C)N. The van der Waals surface area contributed by atoms with Crippen molar-refractivity contribution in [1.82, 2.24) is 5.32 Å². The summed E-state index contributed by atoms with van der Waals surface area (Å²) in [6.45, 7) is 2.87. The number of nitrogens with two attached hydrogens (primary N) is 1. The van der Waals surface area contributed by atoms with E-state index in [2.05, 4.69) is 10.3 Å². The summed E-state index contributed by atoms with van der Waals surface area (Å²) in [5, 5.41) is 2.61. The highest BCUT2D eigenvalue weighted by Gasteiger charge is 2.13. The van der Waals surface area contributed by atoms with Gasteiger partial charge in [-0.1, -0.05) is 30.3 Å². The molecule has 0 radical (unpaired) electrons. The molecule has 0 aliphatic carbocycles. The normalized spacial score (nSPS) is 12.2. The zero-order valence-corrected chi connectivity index (χ0v) is 15.7. The van der Waals surface area contributed by atoms with Crippen molar-refractivity contribution in [3.05, 3.63) is 77.4 Å². The maximum atomic E-state index is 13.1. The quantitative estimate of drug-likeness (QED) is 0.568. The van der Waals surface area contributed by atoms with E-state index in [1.807, 2.05) is 30.3 Å². The fourth-order valence-corrected chi connectivity index (χ4v) is 2.41. The van der Waals surface area contributed by atoms with Gasteiger partial charge in [0.1, 0.15) is 5.82 Å². The van der Waals surface area contributed by atoms with Crippen molar-refractivity contribution >= 4 is 23.3 Å². The van der Waals surface area contributed by atoms with Gasteiger partial charge in [-0.25, -0.2) is 4.39 Å². The van der Waals surface area contributed by atoms with Crippen molar-refractivity contribution in [3.8, 4) is 0 Å². The molecule has 0 spiro atoms. The van der Waals surface area contributed by atoms with Crippen LogP contribution in [0.4, 0.5) is 10.1 Å². The van der Waals surface area contributed by atoms with Crippen molar-refractivity contribution in [2.24, 2.45) is 10.7 Å². The molecule has 0 fully saturated rings. The predicted molar refractivity (Wildman–Crippen MR) is 105 cm³/mol. The Morgan fingerprint density at radius 3 is 2.46 bits per heavy atom. The third-order valence-electron chi connectivity index (χ3n) is 3.68. The molecule has 0 saturated heterocycles. The first-order valence-electron chi connectivity index (χ1n) is 8.62. The number of amides is 1. The highest BCUT2D eigenvalue weighted by atomic mass is 19.1. The molecule has 146 valence electrons. The minimum absolute atomic E-state index is 0.127. The van der Waals surface area contributed by atoms with Crippen molar-refractivity contribution in [1.29, 1.82) is 0 Å². The molecule has 2 aromatic rings. The number of carbonyl (C=O) groups excluding carboxylic acids is 2. The zero-order chi connectivity index (χ0) is 20.5. The first kappa shape index (κ1) is 20.8. The lowest BCUT2D eigenvalue weighted by Gasteiger charge is -2.12. The van der Waals surface area contributed by atoms with Gasteiger partial charge in [-0.3, -0.25) is 14.6 Å². The van der Waals surface area contributed by atoms with Gasteiger partial charge in [0.15, 0.2) is 6.61 Å². The van der Waals surface area contributed by atoms with Gasteiger partial charge in [0.25, 0.3) is 5.91 Å². The lowest BCUT2D eigenvalue weighted by Crippen LogP contribution is -2.32. The molecule has 1 amide bonds. The van der Waals surface area contributed by atoms with Crippen molar-refractivity contribution in [2.75, 3.05) is 6.61 Å². The minimum Gasteiger partial charge on any atom is -0.455 e. The predicted octanol–water partition coefficient (Wildman–Crippen LogP) is 3.01. The Balaban J connectivity index is 1.93. The zero-order valence-electron chi connectivity index (χ0n) is 15.7. The Morgan fingerprint density at radius 1 is 1.11 bits per heavy atom. The summed E-state index contributed by atoms with van der Waals surface area (Å²) in [5.41, 5.74) is 8.28. The van der Waals surface area contributed by atoms with E-state index < -0.39 is 24.3 Å². The van der Waals surface area contributed by atoms with Crippen LogP contribution in [-0.2, 0) is 20.7 Å². The first-order valence-corrected chi connectivity index (χ1v) is 8.62. The second-order valence-corrected chi connectivity index (χ2v) is 6.11. The smallest absolute Gasteiger partial charge is 0.310 e. The molecular weight excluding hydrogens is 361 g/mol. The van der Waals surface area contributed by atoms with E-state index in [-0.39, 0.29) is 6.42 Å². The maximum absolute atomic E-state index is 13.1. The Bertz CT molecular complexity index is 904. The number of rotatable bonds is 7. The molecule has 0 atom stereocenters. The second-order valence-electron chi connectivity index (χ2n) is 6.11. The van der Waals surface area contributed by atoms with Crippen molar-refractivity contribution < 1.29 is 18.7 Å². The molecule has 0 heterocycles. The highest BCUT2D eigenvalue weighted by molar-refractivity contribution is 6.03. The fourth-order valence-electron chi connectivity index (χ4n) is 2.41. The summed E-state index contributed by atoms with van der Waals surface area (Å²) in [6.07, 6.45) is -0.127. The van der Waals surface area contributed by atoms with E-state index in [1.165, 1.54) is 18.2 Å². The van der Waals surface area contributed by atoms with Crippen LogP contribution >= 0.6 is 0 Å². The Hall–Kier alpha value is -3.48. The van der Waals surface area contributed by atoms with Crippen LogP contribution in [0.5, 0.6) is 0 Å². The number of para-hydroxylation sites is 1. The number of nitrogens with one attached hydrogen (secondary N) is 1. The Labute approximate surface area is 162 Å². The summed E-state index contributed by atoms with van der Waals surface area (Å²) in [4.78, 5) is 28.4. The van der Waals surface area contributed by atoms with Crippen LogP contribution < -0.4 is 11.1 Å². The average molecular weight is 383 g/mol. The Kier molecular flexibility index (Phi) is 7.45. The molecule has 6 nitrogen and oxygen atoms in total. The van der Waals surface area contributed by atoms with Gasteiger partial charge in [0.05, 0.1) is 23.5 Å². The molecule has 0 aliphatic heterocycles. The monoisotopic (exact) mass is 383 g/mol. The number of carbonyl (C=O) groups is 2. The molecule has 7 heteroatoms. The number of allylic oxidation sites excluding steroid dienone is 2. The number of aliphatic imine (C=N–C) groups is 1. The second kappa shape index (κ2) is 10.0. The molecule has 3 N–H and O–H groups in total. The summed E-state index contributed by atoms with van der Waals surface area (Å²) in [6, 6.07) is 14.8. The summed E-state index contributed by atoms with van der Waals surface area (Å²) in [5.74, 6) is -1.62. The summed E-state index contributed by atoms with van der Waals surface area (Å²) >= 11 is 0. The van der Waals surface area contributed by atoms with E-state index in [0.29, 0.717) is 22.7 Å². The standard InChI is InChI=1S/C21H22FN3O3/c1-14(23)21(15(2)24-18-9-4-3-5-10-18)25-19(26)13-28-20(27)12-16-7-6-8-17(22)11-16/h3-11H,12-13,23H2,1-2H3,(H,25,26). The van der Waals surface area contributed by atoms with E-state index >= 15 is 0 Å². The fraction of sp³-hybridized carbons (Fsp3) is 0.190.